The van der Waals surface area contributed by atoms with Crippen LogP contribution in [0.2, 0.25) is 5.02 Å². The summed E-state index contributed by atoms with van der Waals surface area (Å²) >= 11 is 7.70. The summed E-state index contributed by atoms with van der Waals surface area (Å²) in [6.07, 6.45) is 1.89. The Morgan fingerprint density at radius 3 is 2.50 bits per heavy atom. The molecule has 0 spiro atoms. The molecule has 1 aliphatic rings. The first-order valence-electron chi connectivity index (χ1n) is 9.21. The number of rotatable bonds is 3. The summed E-state index contributed by atoms with van der Waals surface area (Å²) in [5, 5.41) is 1.59. The van der Waals surface area contributed by atoms with E-state index in [9.17, 15) is 4.79 Å². The normalized spacial score (nSPS) is 14.4. The number of carbonyl (C=O) groups excluding carboxylic acids is 1. The highest BCUT2D eigenvalue weighted by atomic mass is 35.5. The lowest BCUT2D eigenvalue weighted by molar-refractivity contribution is 0.0746. The molecule has 5 nitrogen and oxygen atoms in total. The first-order valence-corrected chi connectivity index (χ1v) is 10.4. The van der Waals surface area contributed by atoms with Crippen LogP contribution in [0.1, 0.15) is 20.9 Å². The number of benzene rings is 1. The van der Waals surface area contributed by atoms with Gasteiger partial charge in [0.25, 0.3) is 5.91 Å². The molecule has 144 valence electrons. The molecule has 0 unspecified atom stereocenters. The fourth-order valence-electron chi connectivity index (χ4n) is 3.24. The Balaban J connectivity index is 1.40. The molecule has 3 aromatic rings. The molecule has 0 bridgehead atoms. The van der Waals surface area contributed by atoms with Gasteiger partial charge in [-0.25, -0.2) is 9.97 Å². The van der Waals surface area contributed by atoms with Crippen LogP contribution >= 0.6 is 22.9 Å². The topological polar surface area (TPSA) is 49.3 Å². The Labute approximate surface area is 173 Å². The number of hydrogen-bond acceptors (Lipinski definition) is 5. The predicted octanol–water partition coefficient (Wildman–Crippen LogP) is 4.44. The van der Waals surface area contributed by atoms with E-state index in [-0.39, 0.29) is 5.91 Å². The van der Waals surface area contributed by atoms with E-state index >= 15 is 0 Å². The zero-order chi connectivity index (χ0) is 19.7. The van der Waals surface area contributed by atoms with Gasteiger partial charge in [0.15, 0.2) is 0 Å². The van der Waals surface area contributed by atoms with Crippen molar-refractivity contribution >= 4 is 34.7 Å². The summed E-state index contributed by atoms with van der Waals surface area (Å²) in [6.45, 7) is 6.96. The fraction of sp³-hybridized carbons (Fsp3) is 0.286. The number of amides is 1. The molecule has 1 amide bonds. The van der Waals surface area contributed by atoms with Gasteiger partial charge < -0.3 is 9.80 Å². The standard InChI is InChI=1S/C21H21ClN4OS/c1-14-15(2)28-20(24-14)17-6-7-19(23-13-17)25-8-10-26(11-9-25)21(27)16-4-3-5-18(22)12-16/h3-7,12-13H,8-11H2,1-2H3. The van der Waals surface area contributed by atoms with Crippen LogP contribution in [-0.2, 0) is 0 Å². The molecule has 3 heterocycles. The second-order valence-corrected chi connectivity index (χ2v) is 8.49. The molecular weight excluding hydrogens is 392 g/mol. The largest absolute Gasteiger partial charge is 0.353 e. The van der Waals surface area contributed by atoms with Crippen LogP contribution in [0.15, 0.2) is 42.6 Å². The average molecular weight is 413 g/mol. The van der Waals surface area contributed by atoms with E-state index in [1.807, 2.05) is 36.2 Å². The van der Waals surface area contributed by atoms with Crippen molar-refractivity contribution < 1.29 is 4.79 Å². The third kappa shape index (κ3) is 3.88. The molecule has 0 aliphatic carbocycles. The Bertz CT molecular complexity index is 974. The van der Waals surface area contributed by atoms with Crippen molar-refractivity contribution in [2.75, 3.05) is 31.1 Å². The predicted molar refractivity (Wildman–Crippen MR) is 114 cm³/mol. The SMILES string of the molecule is Cc1nc(-c2ccc(N3CCN(C(=O)c4cccc(Cl)c4)CC3)nc2)sc1C. The number of carbonyl (C=O) groups is 1. The van der Waals surface area contributed by atoms with Crippen molar-refractivity contribution in [2.24, 2.45) is 0 Å². The Morgan fingerprint density at radius 1 is 1.11 bits per heavy atom. The smallest absolute Gasteiger partial charge is 0.254 e. The molecule has 0 radical (unpaired) electrons. The van der Waals surface area contributed by atoms with Crippen LogP contribution in [-0.4, -0.2) is 47.0 Å². The number of nitrogens with zero attached hydrogens (tertiary/aromatic N) is 4. The number of pyridine rings is 1. The minimum atomic E-state index is 0.0277. The molecule has 0 N–H and O–H groups in total. The molecule has 1 aliphatic heterocycles. The van der Waals surface area contributed by atoms with E-state index in [0.717, 1.165) is 35.2 Å². The monoisotopic (exact) mass is 412 g/mol. The van der Waals surface area contributed by atoms with Crippen molar-refractivity contribution in [3.63, 3.8) is 0 Å². The minimum absolute atomic E-state index is 0.0277. The molecule has 28 heavy (non-hydrogen) atoms. The molecule has 1 saturated heterocycles. The number of anilines is 1. The lowest BCUT2D eigenvalue weighted by Crippen LogP contribution is -2.49. The summed E-state index contributed by atoms with van der Waals surface area (Å²) in [4.78, 5) is 27.2. The minimum Gasteiger partial charge on any atom is -0.353 e. The number of aromatic nitrogens is 2. The van der Waals surface area contributed by atoms with Gasteiger partial charge in [-0.15, -0.1) is 11.3 Å². The molecular formula is C21H21ClN4OS. The van der Waals surface area contributed by atoms with Crippen molar-refractivity contribution in [3.05, 3.63) is 63.8 Å². The zero-order valence-electron chi connectivity index (χ0n) is 15.9. The number of hydrogen-bond donors (Lipinski definition) is 0. The Morgan fingerprint density at radius 2 is 1.89 bits per heavy atom. The van der Waals surface area contributed by atoms with Crippen molar-refractivity contribution in [2.45, 2.75) is 13.8 Å². The summed E-state index contributed by atoms with van der Waals surface area (Å²) in [6, 6.07) is 11.2. The van der Waals surface area contributed by atoms with E-state index < -0.39 is 0 Å². The molecule has 0 saturated carbocycles. The van der Waals surface area contributed by atoms with Crippen molar-refractivity contribution in [3.8, 4) is 10.6 Å². The number of halogens is 1. The summed E-state index contributed by atoms with van der Waals surface area (Å²) < 4.78 is 0. The molecule has 7 heteroatoms. The van der Waals surface area contributed by atoms with Crippen LogP contribution in [0.3, 0.4) is 0 Å². The van der Waals surface area contributed by atoms with Gasteiger partial charge in [0, 0.05) is 53.4 Å². The summed E-state index contributed by atoms with van der Waals surface area (Å²) in [5.74, 6) is 0.962. The molecule has 0 atom stereocenters. The highest BCUT2D eigenvalue weighted by Gasteiger charge is 2.23. The highest BCUT2D eigenvalue weighted by Crippen LogP contribution is 2.28. The van der Waals surface area contributed by atoms with Crippen molar-refractivity contribution in [1.29, 1.82) is 0 Å². The van der Waals surface area contributed by atoms with Gasteiger partial charge in [0.05, 0.1) is 5.69 Å². The van der Waals surface area contributed by atoms with E-state index in [2.05, 4.69) is 27.9 Å². The van der Waals surface area contributed by atoms with Crippen LogP contribution in [0, 0.1) is 13.8 Å². The first kappa shape index (κ1) is 18.9. The lowest BCUT2D eigenvalue weighted by atomic mass is 10.2. The maximum absolute atomic E-state index is 12.7. The van der Waals surface area contributed by atoms with Crippen LogP contribution in [0.4, 0.5) is 5.82 Å². The van der Waals surface area contributed by atoms with Crippen molar-refractivity contribution in [1.82, 2.24) is 14.9 Å². The highest BCUT2D eigenvalue weighted by molar-refractivity contribution is 7.15. The number of aryl methyl sites for hydroxylation is 2. The fourth-order valence-corrected chi connectivity index (χ4v) is 4.33. The second-order valence-electron chi connectivity index (χ2n) is 6.86. The molecule has 2 aromatic heterocycles. The maximum atomic E-state index is 12.7. The summed E-state index contributed by atoms with van der Waals surface area (Å²) in [5.41, 5.74) is 2.75. The molecule has 1 aromatic carbocycles. The van der Waals surface area contributed by atoms with E-state index in [1.54, 1.807) is 23.5 Å². The van der Waals surface area contributed by atoms with E-state index in [1.165, 1.54) is 4.88 Å². The van der Waals surface area contributed by atoms with Gasteiger partial charge in [-0.1, -0.05) is 17.7 Å². The number of thiazole rings is 1. The van der Waals surface area contributed by atoms with Gasteiger partial charge in [-0.2, -0.15) is 0 Å². The Kier molecular flexibility index (Phi) is 5.33. The van der Waals surface area contributed by atoms with E-state index in [0.29, 0.717) is 23.7 Å². The van der Waals surface area contributed by atoms with Crippen LogP contribution in [0.5, 0.6) is 0 Å². The third-order valence-electron chi connectivity index (χ3n) is 4.99. The molecule has 1 fully saturated rings. The summed E-state index contributed by atoms with van der Waals surface area (Å²) in [7, 11) is 0. The third-order valence-corrected chi connectivity index (χ3v) is 6.34. The average Bonchev–Trinajstić information content (AvgIpc) is 3.06. The van der Waals surface area contributed by atoms with E-state index in [4.69, 9.17) is 11.6 Å². The molecule has 4 rings (SSSR count). The quantitative estimate of drug-likeness (QED) is 0.638. The first-order chi connectivity index (χ1) is 13.5. The zero-order valence-corrected chi connectivity index (χ0v) is 17.4. The van der Waals surface area contributed by atoms with Gasteiger partial charge in [0.2, 0.25) is 0 Å². The van der Waals surface area contributed by atoms with Gasteiger partial charge in [-0.05, 0) is 44.2 Å². The van der Waals surface area contributed by atoms with Gasteiger partial charge in [-0.3, -0.25) is 4.79 Å². The van der Waals surface area contributed by atoms with Crippen LogP contribution in [0.25, 0.3) is 10.6 Å². The number of piperazine rings is 1. The van der Waals surface area contributed by atoms with Gasteiger partial charge >= 0.3 is 0 Å². The van der Waals surface area contributed by atoms with Crippen LogP contribution < -0.4 is 4.90 Å². The van der Waals surface area contributed by atoms with Gasteiger partial charge in [0.1, 0.15) is 10.8 Å². The Hall–Kier alpha value is -2.44. The second kappa shape index (κ2) is 7.89. The maximum Gasteiger partial charge on any atom is 0.254 e. The lowest BCUT2D eigenvalue weighted by Gasteiger charge is -2.35.